The second-order valence-corrected chi connectivity index (χ2v) is 7.91. The Balaban J connectivity index is 1.84. The van der Waals surface area contributed by atoms with Gasteiger partial charge in [-0.1, -0.05) is 0 Å². The van der Waals surface area contributed by atoms with Crippen LogP contribution in [-0.4, -0.2) is 48.1 Å². The average molecular weight is 352 g/mol. The normalized spacial score (nSPS) is 17.8. The van der Waals surface area contributed by atoms with Crippen molar-refractivity contribution in [3.63, 3.8) is 0 Å². The molecule has 9 heteroatoms. The number of hydrogen-bond donors (Lipinski definition) is 1. The van der Waals surface area contributed by atoms with E-state index in [1.165, 1.54) is 0 Å². The first-order valence-corrected chi connectivity index (χ1v) is 9.45. The molecule has 2 aromatic heterocycles. The summed E-state index contributed by atoms with van der Waals surface area (Å²) in [6.07, 6.45) is 4.48. The second-order valence-electron chi connectivity index (χ2n) is 6.08. The highest BCUT2D eigenvalue weighted by atomic mass is 32.2. The summed E-state index contributed by atoms with van der Waals surface area (Å²) < 4.78 is 32.6. The standard InChI is InChI=1S/C15H20N4O4S/c1-10-4-14(11(2)23-10)15(20)18-7-12-5-16-9-19(12)13(8-18)6-17-24(3,21)22/h4-5,9,13,17H,6-8H2,1-3H3/t13-/m0/s1. The fourth-order valence-electron chi connectivity index (χ4n) is 2.96. The molecule has 2 aromatic rings. The van der Waals surface area contributed by atoms with E-state index >= 15 is 0 Å². The number of furan rings is 1. The van der Waals surface area contributed by atoms with Gasteiger partial charge < -0.3 is 13.9 Å². The van der Waals surface area contributed by atoms with E-state index in [-0.39, 0.29) is 18.5 Å². The molecule has 24 heavy (non-hydrogen) atoms. The average Bonchev–Trinajstić information content (AvgIpc) is 3.09. The number of aromatic nitrogens is 2. The smallest absolute Gasteiger partial charge is 0.257 e. The molecule has 130 valence electrons. The molecule has 0 aliphatic carbocycles. The first kappa shape index (κ1) is 16.7. The molecular formula is C15H20N4O4S. The van der Waals surface area contributed by atoms with Crippen molar-refractivity contribution in [1.82, 2.24) is 19.2 Å². The lowest BCUT2D eigenvalue weighted by molar-refractivity contribution is 0.0678. The van der Waals surface area contributed by atoms with Gasteiger partial charge >= 0.3 is 0 Å². The van der Waals surface area contributed by atoms with Gasteiger partial charge in [0.1, 0.15) is 11.5 Å². The summed E-state index contributed by atoms with van der Waals surface area (Å²) in [4.78, 5) is 18.6. The Kier molecular flexibility index (Phi) is 4.22. The zero-order chi connectivity index (χ0) is 17.5. The summed E-state index contributed by atoms with van der Waals surface area (Å²) in [5, 5.41) is 0. The van der Waals surface area contributed by atoms with Crippen molar-refractivity contribution in [2.45, 2.75) is 26.4 Å². The molecule has 8 nitrogen and oxygen atoms in total. The van der Waals surface area contributed by atoms with Gasteiger partial charge in [0.25, 0.3) is 5.91 Å². The number of sulfonamides is 1. The second kappa shape index (κ2) is 6.06. The predicted molar refractivity (Wildman–Crippen MR) is 87.0 cm³/mol. The largest absolute Gasteiger partial charge is 0.466 e. The van der Waals surface area contributed by atoms with E-state index in [2.05, 4.69) is 9.71 Å². The number of carbonyl (C=O) groups is 1. The van der Waals surface area contributed by atoms with E-state index in [1.54, 1.807) is 37.3 Å². The highest BCUT2D eigenvalue weighted by molar-refractivity contribution is 7.88. The minimum atomic E-state index is -3.30. The molecule has 1 atom stereocenters. The maximum absolute atomic E-state index is 12.8. The molecule has 1 amide bonds. The SMILES string of the molecule is Cc1cc(C(=O)N2Cc3cncn3[C@@H](CNS(C)(=O)=O)C2)c(C)o1. The summed E-state index contributed by atoms with van der Waals surface area (Å²) >= 11 is 0. The Morgan fingerprint density at radius 3 is 2.83 bits per heavy atom. The topological polar surface area (TPSA) is 97.4 Å². The Morgan fingerprint density at radius 2 is 2.21 bits per heavy atom. The minimum absolute atomic E-state index is 0.124. The first-order chi connectivity index (χ1) is 11.2. The number of nitrogens with zero attached hydrogens (tertiary/aromatic N) is 3. The van der Waals surface area contributed by atoms with Crippen LogP contribution < -0.4 is 4.72 Å². The first-order valence-electron chi connectivity index (χ1n) is 7.56. The Morgan fingerprint density at radius 1 is 1.46 bits per heavy atom. The van der Waals surface area contributed by atoms with Crippen molar-refractivity contribution in [2.24, 2.45) is 0 Å². The molecule has 0 saturated heterocycles. The molecule has 1 aliphatic rings. The van der Waals surface area contributed by atoms with Crippen molar-refractivity contribution < 1.29 is 17.6 Å². The predicted octanol–water partition coefficient (Wildman–Crippen LogP) is 0.839. The van der Waals surface area contributed by atoms with Crippen molar-refractivity contribution >= 4 is 15.9 Å². The summed E-state index contributed by atoms with van der Waals surface area (Å²) in [5.74, 6) is 1.15. The number of fused-ring (bicyclic) bond motifs is 1. The molecule has 3 rings (SSSR count). The molecule has 0 bridgehead atoms. The van der Waals surface area contributed by atoms with Crippen LogP contribution in [0.2, 0.25) is 0 Å². The lowest BCUT2D eigenvalue weighted by atomic mass is 10.1. The van der Waals surface area contributed by atoms with E-state index in [0.29, 0.717) is 30.2 Å². The van der Waals surface area contributed by atoms with Crippen LogP contribution in [0.3, 0.4) is 0 Å². The summed E-state index contributed by atoms with van der Waals surface area (Å²) in [5.41, 5.74) is 1.41. The highest BCUT2D eigenvalue weighted by Crippen LogP contribution is 2.24. The van der Waals surface area contributed by atoms with Gasteiger partial charge in [0.05, 0.1) is 36.4 Å². The van der Waals surface area contributed by atoms with Crippen LogP contribution in [0, 0.1) is 13.8 Å². The van der Waals surface area contributed by atoms with Crippen LogP contribution >= 0.6 is 0 Å². The van der Waals surface area contributed by atoms with Gasteiger partial charge in [-0.05, 0) is 19.9 Å². The van der Waals surface area contributed by atoms with Gasteiger partial charge in [-0.15, -0.1) is 0 Å². The summed E-state index contributed by atoms with van der Waals surface area (Å²) in [6, 6.07) is 1.52. The molecule has 1 aliphatic heterocycles. The molecule has 0 radical (unpaired) electrons. The van der Waals surface area contributed by atoms with Crippen LogP contribution in [0.5, 0.6) is 0 Å². The monoisotopic (exact) mass is 352 g/mol. The molecule has 0 fully saturated rings. The highest BCUT2D eigenvalue weighted by Gasteiger charge is 2.30. The summed E-state index contributed by atoms with van der Waals surface area (Å²) in [7, 11) is -3.30. The van der Waals surface area contributed by atoms with Gasteiger partial charge in [-0.3, -0.25) is 4.79 Å². The van der Waals surface area contributed by atoms with E-state index in [9.17, 15) is 13.2 Å². The number of amides is 1. The third kappa shape index (κ3) is 3.36. The zero-order valence-corrected chi connectivity index (χ0v) is 14.6. The van der Waals surface area contributed by atoms with E-state index in [1.807, 2.05) is 4.57 Å². The van der Waals surface area contributed by atoms with Crippen LogP contribution in [0.4, 0.5) is 0 Å². The number of nitrogens with one attached hydrogen (secondary N) is 1. The molecule has 0 aromatic carbocycles. The maximum atomic E-state index is 12.8. The number of imidazole rings is 1. The Hall–Kier alpha value is -2.13. The zero-order valence-electron chi connectivity index (χ0n) is 13.8. The number of aryl methyl sites for hydroxylation is 2. The van der Waals surface area contributed by atoms with Crippen LogP contribution in [0.1, 0.15) is 33.6 Å². The molecule has 0 saturated carbocycles. The number of rotatable bonds is 4. The number of carbonyl (C=O) groups excluding carboxylic acids is 1. The van der Waals surface area contributed by atoms with Crippen LogP contribution in [-0.2, 0) is 16.6 Å². The quantitative estimate of drug-likeness (QED) is 0.879. The Labute approximate surface area is 140 Å². The summed E-state index contributed by atoms with van der Waals surface area (Å²) in [6.45, 7) is 4.59. The third-order valence-electron chi connectivity index (χ3n) is 4.06. The molecular weight excluding hydrogens is 332 g/mol. The van der Waals surface area contributed by atoms with E-state index in [4.69, 9.17) is 4.42 Å². The van der Waals surface area contributed by atoms with Crippen molar-refractivity contribution in [1.29, 1.82) is 0 Å². The van der Waals surface area contributed by atoms with Gasteiger partial charge in [0.15, 0.2) is 0 Å². The third-order valence-corrected chi connectivity index (χ3v) is 4.75. The van der Waals surface area contributed by atoms with Crippen molar-refractivity contribution in [3.8, 4) is 0 Å². The van der Waals surface area contributed by atoms with Gasteiger partial charge in [0, 0.05) is 19.3 Å². The van der Waals surface area contributed by atoms with Gasteiger partial charge in [-0.25, -0.2) is 18.1 Å². The van der Waals surface area contributed by atoms with Gasteiger partial charge in [-0.2, -0.15) is 0 Å². The molecule has 0 spiro atoms. The van der Waals surface area contributed by atoms with Gasteiger partial charge in [0.2, 0.25) is 10.0 Å². The fourth-order valence-corrected chi connectivity index (χ4v) is 3.46. The Bertz CT molecular complexity index is 868. The van der Waals surface area contributed by atoms with Crippen molar-refractivity contribution in [3.05, 3.63) is 41.4 Å². The minimum Gasteiger partial charge on any atom is -0.466 e. The lowest BCUT2D eigenvalue weighted by Crippen LogP contribution is -2.44. The molecule has 0 unspecified atom stereocenters. The fraction of sp³-hybridized carbons (Fsp3) is 0.467. The molecule has 1 N–H and O–H groups in total. The van der Waals surface area contributed by atoms with Crippen LogP contribution in [0.25, 0.3) is 0 Å². The molecule has 3 heterocycles. The lowest BCUT2D eigenvalue weighted by Gasteiger charge is -2.34. The number of hydrogen-bond acceptors (Lipinski definition) is 5. The van der Waals surface area contributed by atoms with Crippen molar-refractivity contribution in [2.75, 3.05) is 19.3 Å². The van der Waals surface area contributed by atoms with E-state index in [0.717, 1.165) is 11.9 Å². The maximum Gasteiger partial charge on any atom is 0.257 e. The van der Waals surface area contributed by atoms with E-state index < -0.39 is 10.0 Å². The van der Waals surface area contributed by atoms with Crippen LogP contribution in [0.15, 0.2) is 23.0 Å².